The van der Waals surface area contributed by atoms with Crippen LogP contribution in [0.25, 0.3) is 0 Å². The molecule has 1 aliphatic rings. The highest BCUT2D eigenvalue weighted by molar-refractivity contribution is 6.31. The fraction of sp³-hybridized carbons (Fsp3) is 0.600. The van der Waals surface area contributed by atoms with Gasteiger partial charge in [0.2, 0.25) is 0 Å². The van der Waals surface area contributed by atoms with Crippen LogP contribution in [0.2, 0.25) is 5.02 Å². The highest BCUT2D eigenvalue weighted by Gasteiger charge is 2.35. The maximum atomic E-state index is 13.3. The second-order valence-electron chi connectivity index (χ2n) is 5.85. The Morgan fingerprint density at radius 2 is 2.00 bits per heavy atom. The molecule has 0 spiro atoms. The zero-order valence-corrected chi connectivity index (χ0v) is 12.3. The van der Waals surface area contributed by atoms with E-state index < -0.39 is 5.60 Å². The second-order valence-corrected chi connectivity index (χ2v) is 6.26. The van der Waals surface area contributed by atoms with Crippen molar-refractivity contribution in [3.63, 3.8) is 0 Å². The van der Waals surface area contributed by atoms with Crippen LogP contribution in [0.3, 0.4) is 0 Å². The van der Waals surface area contributed by atoms with Crippen molar-refractivity contribution in [3.8, 4) is 0 Å². The van der Waals surface area contributed by atoms with Crippen LogP contribution in [-0.4, -0.2) is 29.6 Å². The van der Waals surface area contributed by atoms with Crippen molar-refractivity contribution in [2.24, 2.45) is 5.92 Å². The van der Waals surface area contributed by atoms with E-state index >= 15 is 0 Å². The van der Waals surface area contributed by atoms with Crippen LogP contribution in [0, 0.1) is 11.7 Å². The number of hydrogen-bond donors (Lipinski definition) is 1. The predicted octanol–water partition coefficient (Wildman–Crippen LogP) is 3.42. The summed E-state index contributed by atoms with van der Waals surface area (Å²) in [6.45, 7) is 7.05. The van der Waals surface area contributed by atoms with Gasteiger partial charge in [0.25, 0.3) is 0 Å². The van der Waals surface area contributed by atoms with E-state index in [0.717, 1.165) is 19.6 Å². The van der Waals surface area contributed by atoms with Crippen molar-refractivity contribution in [1.82, 2.24) is 4.90 Å². The average Bonchev–Trinajstić information content (AvgIpc) is 2.35. The van der Waals surface area contributed by atoms with Crippen molar-refractivity contribution < 1.29 is 9.50 Å². The van der Waals surface area contributed by atoms with Crippen molar-refractivity contribution in [2.45, 2.75) is 32.3 Å². The molecule has 0 saturated carbocycles. The first-order valence-corrected chi connectivity index (χ1v) is 7.19. The highest BCUT2D eigenvalue weighted by Crippen LogP contribution is 2.37. The van der Waals surface area contributed by atoms with Gasteiger partial charge in [0.05, 0.1) is 5.60 Å². The molecule has 0 aliphatic carbocycles. The van der Waals surface area contributed by atoms with Gasteiger partial charge in [-0.2, -0.15) is 0 Å². The molecule has 0 unspecified atom stereocenters. The summed E-state index contributed by atoms with van der Waals surface area (Å²) >= 11 is 6.10. The van der Waals surface area contributed by atoms with Crippen LogP contribution in [0.15, 0.2) is 18.2 Å². The van der Waals surface area contributed by atoms with Crippen LogP contribution in [0.4, 0.5) is 4.39 Å². The summed E-state index contributed by atoms with van der Waals surface area (Å²) in [4.78, 5) is 2.34. The summed E-state index contributed by atoms with van der Waals surface area (Å²) in [5.41, 5.74) is -0.467. The summed E-state index contributed by atoms with van der Waals surface area (Å²) < 4.78 is 13.3. The van der Waals surface area contributed by atoms with Gasteiger partial charge in [-0.1, -0.05) is 25.4 Å². The lowest BCUT2D eigenvalue weighted by molar-refractivity contribution is -0.0280. The molecule has 1 saturated heterocycles. The van der Waals surface area contributed by atoms with Crippen LogP contribution >= 0.6 is 11.6 Å². The predicted molar refractivity (Wildman–Crippen MR) is 75.8 cm³/mol. The molecule has 2 nitrogen and oxygen atoms in total. The maximum absolute atomic E-state index is 13.3. The first-order valence-electron chi connectivity index (χ1n) is 6.81. The number of rotatable bonds is 3. The average molecular weight is 286 g/mol. The Labute approximate surface area is 119 Å². The molecular weight excluding hydrogens is 265 g/mol. The third-order valence-electron chi connectivity index (χ3n) is 3.74. The van der Waals surface area contributed by atoms with Crippen molar-refractivity contribution >= 4 is 11.6 Å². The molecule has 1 heterocycles. The molecule has 0 atom stereocenters. The Morgan fingerprint density at radius 3 is 2.58 bits per heavy atom. The van der Waals surface area contributed by atoms with E-state index in [1.54, 1.807) is 0 Å². The summed E-state index contributed by atoms with van der Waals surface area (Å²) in [6, 6.07) is 4.20. The number of aliphatic hydroxyl groups is 1. The molecule has 0 aromatic heterocycles. The molecule has 0 bridgehead atoms. The van der Waals surface area contributed by atoms with E-state index in [-0.39, 0.29) is 5.82 Å². The third kappa shape index (κ3) is 3.47. The van der Waals surface area contributed by atoms with E-state index in [4.69, 9.17) is 11.6 Å². The zero-order chi connectivity index (χ0) is 14.0. The van der Waals surface area contributed by atoms with Crippen molar-refractivity contribution in [2.75, 3.05) is 19.6 Å². The minimum absolute atomic E-state index is 0.350. The number of piperidine rings is 1. The van der Waals surface area contributed by atoms with E-state index in [0.29, 0.717) is 29.3 Å². The molecule has 1 aromatic rings. The first kappa shape index (κ1) is 14.8. The minimum Gasteiger partial charge on any atom is -0.385 e. The molecule has 106 valence electrons. The number of halogens is 2. The fourth-order valence-corrected chi connectivity index (χ4v) is 3.04. The van der Waals surface area contributed by atoms with Gasteiger partial charge >= 0.3 is 0 Å². The normalized spacial score (nSPS) is 19.9. The van der Waals surface area contributed by atoms with Gasteiger partial charge in [-0.15, -0.1) is 0 Å². The molecule has 1 fully saturated rings. The maximum Gasteiger partial charge on any atom is 0.123 e. The summed E-state index contributed by atoms with van der Waals surface area (Å²) in [5, 5.41) is 11.2. The Morgan fingerprint density at radius 1 is 1.37 bits per heavy atom. The van der Waals surface area contributed by atoms with Gasteiger partial charge in [0.15, 0.2) is 0 Å². The number of nitrogens with zero attached hydrogens (tertiary/aromatic N) is 1. The second kappa shape index (κ2) is 5.78. The van der Waals surface area contributed by atoms with Gasteiger partial charge < -0.3 is 10.0 Å². The lowest BCUT2D eigenvalue weighted by Crippen LogP contribution is -2.43. The van der Waals surface area contributed by atoms with Crippen LogP contribution in [0.5, 0.6) is 0 Å². The van der Waals surface area contributed by atoms with Crippen LogP contribution in [0.1, 0.15) is 32.3 Å². The Hall–Kier alpha value is -0.640. The fourth-order valence-electron chi connectivity index (χ4n) is 2.75. The molecule has 4 heteroatoms. The van der Waals surface area contributed by atoms with Crippen molar-refractivity contribution in [1.29, 1.82) is 0 Å². The van der Waals surface area contributed by atoms with Crippen molar-refractivity contribution in [3.05, 3.63) is 34.6 Å². The molecule has 1 aromatic carbocycles. The standard InChI is InChI=1S/C15H21ClFNO/c1-11(2)10-18-7-5-15(19,6-8-18)13-9-12(17)3-4-14(13)16/h3-4,9,11,19H,5-8,10H2,1-2H3. The van der Waals surface area contributed by atoms with E-state index in [2.05, 4.69) is 18.7 Å². The Kier molecular flexibility index (Phi) is 4.49. The largest absolute Gasteiger partial charge is 0.385 e. The van der Waals surface area contributed by atoms with E-state index in [1.807, 2.05) is 0 Å². The van der Waals surface area contributed by atoms with Gasteiger partial charge in [0.1, 0.15) is 5.82 Å². The quantitative estimate of drug-likeness (QED) is 0.920. The summed E-state index contributed by atoms with van der Waals surface area (Å²) in [6.07, 6.45) is 1.20. The molecule has 1 aliphatic heterocycles. The Bertz CT molecular complexity index is 442. The zero-order valence-electron chi connectivity index (χ0n) is 11.5. The van der Waals surface area contributed by atoms with Gasteiger partial charge in [0, 0.05) is 30.2 Å². The van der Waals surface area contributed by atoms with Crippen LogP contribution < -0.4 is 0 Å². The van der Waals surface area contributed by atoms with Gasteiger partial charge in [-0.05, 0) is 37.0 Å². The lowest BCUT2D eigenvalue weighted by Gasteiger charge is -2.39. The minimum atomic E-state index is -0.993. The van der Waals surface area contributed by atoms with E-state index in [1.165, 1.54) is 18.2 Å². The smallest absolute Gasteiger partial charge is 0.123 e. The Balaban J connectivity index is 2.11. The molecular formula is C15H21ClFNO. The summed E-state index contributed by atoms with van der Waals surface area (Å²) in [7, 11) is 0. The monoisotopic (exact) mass is 285 g/mol. The lowest BCUT2D eigenvalue weighted by atomic mass is 9.84. The van der Waals surface area contributed by atoms with Gasteiger partial charge in [-0.3, -0.25) is 0 Å². The topological polar surface area (TPSA) is 23.5 Å². The van der Waals surface area contributed by atoms with Crippen LogP contribution in [-0.2, 0) is 5.60 Å². The third-order valence-corrected chi connectivity index (χ3v) is 4.07. The first-order chi connectivity index (χ1) is 8.90. The highest BCUT2D eigenvalue weighted by atomic mass is 35.5. The molecule has 19 heavy (non-hydrogen) atoms. The SMILES string of the molecule is CC(C)CN1CCC(O)(c2cc(F)ccc2Cl)CC1. The number of likely N-dealkylation sites (tertiary alicyclic amines) is 1. The molecule has 0 amide bonds. The molecule has 1 N–H and O–H groups in total. The van der Waals surface area contributed by atoms with E-state index in [9.17, 15) is 9.50 Å². The molecule has 2 rings (SSSR count). The number of hydrogen-bond acceptors (Lipinski definition) is 2. The molecule has 0 radical (unpaired) electrons. The summed E-state index contributed by atoms with van der Waals surface area (Å²) in [5.74, 6) is 0.265. The van der Waals surface area contributed by atoms with Gasteiger partial charge in [-0.25, -0.2) is 4.39 Å². The number of benzene rings is 1.